The van der Waals surface area contributed by atoms with Crippen molar-refractivity contribution in [3.8, 4) is 0 Å². The van der Waals surface area contributed by atoms with Gasteiger partial charge in [-0.25, -0.2) is 4.39 Å². The summed E-state index contributed by atoms with van der Waals surface area (Å²) in [4.78, 5) is 3.78. The van der Waals surface area contributed by atoms with E-state index >= 15 is 0 Å². The monoisotopic (exact) mass is 196 g/mol. The number of hydrogen-bond acceptors (Lipinski definition) is 2. The Morgan fingerprint density at radius 3 is 2.57 bits per heavy atom. The van der Waals surface area contributed by atoms with Crippen LogP contribution in [-0.2, 0) is 0 Å². The second-order valence-electron chi connectivity index (χ2n) is 4.81. The van der Waals surface area contributed by atoms with E-state index in [4.69, 9.17) is 5.73 Å². The molecule has 0 aromatic carbocycles. The number of rotatable bonds is 2. The average Bonchev–Trinajstić information content (AvgIpc) is 2.01. The van der Waals surface area contributed by atoms with Crippen molar-refractivity contribution in [2.24, 2.45) is 11.1 Å². The lowest BCUT2D eigenvalue weighted by atomic mass is 9.86. The van der Waals surface area contributed by atoms with Gasteiger partial charge in [0.1, 0.15) is 5.82 Å². The van der Waals surface area contributed by atoms with Gasteiger partial charge in [-0.3, -0.25) is 4.98 Å². The third kappa shape index (κ3) is 3.42. The molecule has 0 spiro atoms. The molecule has 0 bridgehead atoms. The largest absolute Gasteiger partial charge is 0.324 e. The van der Waals surface area contributed by atoms with Gasteiger partial charge < -0.3 is 5.73 Å². The van der Waals surface area contributed by atoms with E-state index in [0.29, 0.717) is 0 Å². The van der Waals surface area contributed by atoms with Crippen LogP contribution in [0.4, 0.5) is 4.39 Å². The molecule has 0 aliphatic heterocycles. The van der Waals surface area contributed by atoms with Gasteiger partial charge >= 0.3 is 0 Å². The summed E-state index contributed by atoms with van der Waals surface area (Å²) in [5.74, 6) is -0.327. The fourth-order valence-corrected chi connectivity index (χ4v) is 1.41. The maximum atomic E-state index is 12.8. The van der Waals surface area contributed by atoms with Gasteiger partial charge in [0, 0.05) is 12.2 Å². The lowest BCUT2D eigenvalue weighted by Crippen LogP contribution is -2.19. The normalized spacial score (nSPS) is 14.1. The first-order valence-corrected chi connectivity index (χ1v) is 4.74. The number of pyridine rings is 1. The van der Waals surface area contributed by atoms with E-state index in [-0.39, 0.29) is 17.3 Å². The molecule has 2 nitrogen and oxygen atoms in total. The zero-order valence-electron chi connectivity index (χ0n) is 8.92. The molecule has 0 aliphatic carbocycles. The van der Waals surface area contributed by atoms with Crippen LogP contribution in [0.3, 0.4) is 0 Å². The third-order valence-electron chi connectivity index (χ3n) is 1.99. The first-order chi connectivity index (χ1) is 6.38. The molecule has 0 radical (unpaired) electrons. The Labute approximate surface area is 84.3 Å². The molecule has 3 heteroatoms. The maximum Gasteiger partial charge on any atom is 0.141 e. The molecular formula is C11H17FN2. The highest BCUT2D eigenvalue weighted by atomic mass is 19.1. The van der Waals surface area contributed by atoms with Crippen LogP contribution in [0.1, 0.15) is 38.8 Å². The zero-order valence-corrected chi connectivity index (χ0v) is 8.92. The van der Waals surface area contributed by atoms with Crippen molar-refractivity contribution in [1.29, 1.82) is 0 Å². The van der Waals surface area contributed by atoms with Crippen LogP contribution in [-0.4, -0.2) is 4.98 Å². The van der Waals surface area contributed by atoms with Crippen molar-refractivity contribution in [1.82, 2.24) is 4.98 Å². The van der Waals surface area contributed by atoms with E-state index in [1.54, 1.807) is 6.20 Å². The van der Waals surface area contributed by atoms with Crippen molar-refractivity contribution in [3.05, 3.63) is 29.8 Å². The highest BCUT2D eigenvalue weighted by Gasteiger charge is 2.17. The molecule has 0 saturated heterocycles. The molecule has 1 aromatic rings. The first-order valence-electron chi connectivity index (χ1n) is 4.74. The van der Waals surface area contributed by atoms with Gasteiger partial charge in [0.25, 0.3) is 0 Å². The number of hydrogen-bond donors (Lipinski definition) is 1. The lowest BCUT2D eigenvalue weighted by Gasteiger charge is -2.23. The van der Waals surface area contributed by atoms with Gasteiger partial charge in [-0.15, -0.1) is 0 Å². The smallest absolute Gasteiger partial charge is 0.141 e. The van der Waals surface area contributed by atoms with Crippen molar-refractivity contribution in [2.75, 3.05) is 0 Å². The summed E-state index contributed by atoms with van der Waals surface area (Å²) in [6.07, 6.45) is 3.63. The van der Waals surface area contributed by atoms with Gasteiger partial charge in [0.15, 0.2) is 0 Å². The zero-order chi connectivity index (χ0) is 10.8. The Morgan fingerprint density at radius 2 is 2.07 bits per heavy atom. The Hall–Kier alpha value is -0.960. The van der Waals surface area contributed by atoms with Gasteiger partial charge in [-0.1, -0.05) is 20.8 Å². The van der Waals surface area contributed by atoms with Crippen LogP contribution >= 0.6 is 0 Å². The second kappa shape index (κ2) is 4.05. The van der Waals surface area contributed by atoms with Crippen molar-refractivity contribution in [3.63, 3.8) is 0 Å². The molecule has 14 heavy (non-hydrogen) atoms. The van der Waals surface area contributed by atoms with Crippen LogP contribution in [0.2, 0.25) is 0 Å². The number of halogens is 1. The third-order valence-corrected chi connectivity index (χ3v) is 1.99. The van der Waals surface area contributed by atoms with Crippen LogP contribution < -0.4 is 5.73 Å². The average molecular weight is 196 g/mol. The van der Waals surface area contributed by atoms with E-state index in [1.807, 2.05) is 0 Å². The van der Waals surface area contributed by atoms with E-state index < -0.39 is 0 Å². The van der Waals surface area contributed by atoms with Gasteiger partial charge in [0.2, 0.25) is 0 Å². The molecular weight excluding hydrogens is 179 g/mol. The highest BCUT2D eigenvalue weighted by molar-refractivity contribution is 5.14. The number of nitrogens with two attached hydrogens (primary N) is 1. The second-order valence-corrected chi connectivity index (χ2v) is 4.81. The fraction of sp³-hybridized carbons (Fsp3) is 0.545. The summed E-state index contributed by atoms with van der Waals surface area (Å²) in [5.41, 5.74) is 6.85. The summed E-state index contributed by atoms with van der Waals surface area (Å²) in [6.45, 7) is 6.33. The molecule has 0 amide bonds. The lowest BCUT2D eigenvalue weighted by molar-refractivity contribution is 0.342. The van der Waals surface area contributed by atoms with E-state index in [2.05, 4.69) is 25.8 Å². The molecule has 0 saturated carbocycles. The van der Waals surface area contributed by atoms with Gasteiger partial charge in [0.05, 0.1) is 6.20 Å². The quantitative estimate of drug-likeness (QED) is 0.789. The van der Waals surface area contributed by atoms with Crippen LogP contribution in [0, 0.1) is 11.2 Å². The SMILES string of the molecule is CC(C)(C)CC(N)c1cncc(F)c1. The summed E-state index contributed by atoms with van der Waals surface area (Å²) < 4.78 is 12.8. The molecule has 1 heterocycles. The van der Waals surface area contributed by atoms with Crippen LogP contribution in [0.25, 0.3) is 0 Å². The summed E-state index contributed by atoms with van der Waals surface area (Å²) in [6, 6.07) is 1.31. The molecule has 1 atom stereocenters. The highest BCUT2D eigenvalue weighted by Crippen LogP contribution is 2.27. The molecule has 78 valence electrons. The standard InChI is InChI=1S/C11H17FN2/c1-11(2,3)5-10(13)8-4-9(12)7-14-6-8/h4,6-7,10H,5,13H2,1-3H3. The van der Waals surface area contributed by atoms with Crippen LogP contribution in [0.15, 0.2) is 18.5 Å². The van der Waals surface area contributed by atoms with E-state index in [9.17, 15) is 4.39 Å². The molecule has 1 rings (SSSR count). The first kappa shape index (κ1) is 11.1. The minimum atomic E-state index is -0.327. The summed E-state index contributed by atoms with van der Waals surface area (Å²) in [5, 5.41) is 0. The molecule has 2 N–H and O–H groups in total. The Bertz CT molecular complexity index is 304. The van der Waals surface area contributed by atoms with Crippen LogP contribution in [0.5, 0.6) is 0 Å². The molecule has 0 aliphatic rings. The predicted octanol–water partition coefficient (Wildman–Crippen LogP) is 2.66. The number of nitrogens with zero attached hydrogens (tertiary/aromatic N) is 1. The Morgan fingerprint density at radius 1 is 1.43 bits per heavy atom. The molecule has 1 unspecified atom stereocenters. The Balaban J connectivity index is 2.74. The topological polar surface area (TPSA) is 38.9 Å². The Kier molecular flexibility index (Phi) is 3.21. The fourth-order valence-electron chi connectivity index (χ4n) is 1.41. The van der Waals surface area contributed by atoms with Gasteiger partial charge in [-0.2, -0.15) is 0 Å². The van der Waals surface area contributed by atoms with E-state index in [1.165, 1.54) is 12.3 Å². The van der Waals surface area contributed by atoms with Crippen molar-refractivity contribution >= 4 is 0 Å². The number of aromatic nitrogens is 1. The minimum absolute atomic E-state index is 0.141. The predicted molar refractivity (Wildman–Crippen MR) is 55.2 cm³/mol. The van der Waals surface area contributed by atoms with Crippen molar-refractivity contribution < 1.29 is 4.39 Å². The minimum Gasteiger partial charge on any atom is -0.324 e. The molecule has 1 aromatic heterocycles. The maximum absolute atomic E-state index is 12.8. The van der Waals surface area contributed by atoms with E-state index in [0.717, 1.165) is 12.0 Å². The van der Waals surface area contributed by atoms with Crippen molar-refractivity contribution in [2.45, 2.75) is 33.2 Å². The van der Waals surface area contributed by atoms with Gasteiger partial charge in [-0.05, 0) is 23.5 Å². The summed E-state index contributed by atoms with van der Waals surface area (Å²) in [7, 11) is 0. The molecule has 0 fully saturated rings. The summed E-state index contributed by atoms with van der Waals surface area (Å²) >= 11 is 0.